The van der Waals surface area contributed by atoms with Gasteiger partial charge < -0.3 is 55.8 Å². The molecule has 0 amide bonds. The molecule has 0 saturated carbocycles. The molecule has 0 atom stereocenters. The number of ether oxygens (including phenoxy) is 1. The van der Waals surface area contributed by atoms with E-state index in [0.717, 1.165) is 0 Å². The summed E-state index contributed by atoms with van der Waals surface area (Å²) in [7, 11) is 1.55. The van der Waals surface area contributed by atoms with Gasteiger partial charge in [0.2, 0.25) is 0 Å². The van der Waals surface area contributed by atoms with E-state index in [1.807, 2.05) is 0 Å². The van der Waals surface area contributed by atoms with Crippen molar-refractivity contribution in [2.45, 2.75) is 0 Å². The molecular formula is C3H8ErN3O11. The van der Waals surface area contributed by atoms with Gasteiger partial charge in [-0.05, 0) is 0 Å². The minimum atomic E-state index is -1.75. The van der Waals surface area contributed by atoms with Crippen molar-refractivity contribution in [1.82, 2.24) is 0 Å². The Balaban J connectivity index is -0.0000000412. The molecule has 113 valence electrons. The van der Waals surface area contributed by atoms with Crippen LogP contribution in [-0.4, -0.2) is 40.7 Å². The molecule has 15 heteroatoms. The van der Waals surface area contributed by atoms with Gasteiger partial charge in [0, 0.05) is 7.11 Å². The smallest absolute Gasteiger partial charge is 0.394 e. The van der Waals surface area contributed by atoms with Crippen molar-refractivity contribution >= 4 is 0 Å². The van der Waals surface area contributed by atoms with Crippen LogP contribution in [0, 0.1) is 83.3 Å². The van der Waals surface area contributed by atoms with Gasteiger partial charge in [0.15, 0.2) is 0 Å². The zero-order valence-corrected chi connectivity index (χ0v) is 10.4. The molecule has 0 bridgehead atoms. The van der Waals surface area contributed by atoms with Crippen LogP contribution in [0.3, 0.4) is 0 Å². The van der Waals surface area contributed by atoms with Crippen LogP contribution in [0.2, 0.25) is 0 Å². The summed E-state index contributed by atoms with van der Waals surface area (Å²) in [6.45, 7) is 0.566. The van der Waals surface area contributed by atoms with Crippen molar-refractivity contribution in [2.24, 2.45) is 0 Å². The van der Waals surface area contributed by atoms with Gasteiger partial charge in [0.25, 0.3) is 0 Å². The van der Waals surface area contributed by atoms with E-state index >= 15 is 0 Å². The van der Waals surface area contributed by atoms with E-state index in [9.17, 15) is 0 Å². The van der Waals surface area contributed by atoms with Crippen LogP contribution in [0.1, 0.15) is 0 Å². The van der Waals surface area contributed by atoms with E-state index in [0.29, 0.717) is 6.61 Å². The van der Waals surface area contributed by atoms with E-state index in [1.54, 1.807) is 7.11 Å². The fraction of sp³-hybridized carbons (Fsp3) is 1.00. The number of methoxy groups -OCH3 is 1. The Kier molecular flexibility index (Phi) is 49.6. The van der Waals surface area contributed by atoms with Crippen LogP contribution >= 0.6 is 0 Å². The Labute approximate surface area is 128 Å². The number of aliphatic hydroxyl groups is 1. The Morgan fingerprint density at radius 2 is 1.06 bits per heavy atom. The summed E-state index contributed by atoms with van der Waals surface area (Å²) < 4.78 is 4.44. The molecule has 0 heterocycles. The maximum absolute atomic E-state index is 8.25. The molecule has 0 saturated heterocycles. The van der Waals surface area contributed by atoms with Gasteiger partial charge in [-0.1, -0.05) is 0 Å². The second-order valence-corrected chi connectivity index (χ2v) is 1.39. The second kappa shape index (κ2) is 29.7. The fourth-order valence-corrected chi connectivity index (χ4v) is 0.0913. The fourth-order valence-electron chi connectivity index (χ4n) is 0.0913. The molecule has 0 aromatic heterocycles. The summed E-state index contributed by atoms with van der Waals surface area (Å²) in [4.78, 5) is 24.8. The van der Waals surface area contributed by atoms with Crippen LogP contribution in [0.4, 0.5) is 0 Å². The first-order valence-electron chi connectivity index (χ1n) is 3.16. The van der Waals surface area contributed by atoms with E-state index in [1.165, 1.54) is 0 Å². The first-order valence-corrected chi connectivity index (χ1v) is 3.16. The third kappa shape index (κ3) is 4760. The van der Waals surface area contributed by atoms with Gasteiger partial charge in [-0.3, -0.25) is 0 Å². The number of hydrogen-bond donors (Lipinski definition) is 1. The van der Waals surface area contributed by atoms with Crippen molar-refractivity contribution in [3.63, 3.8) is 0 Å². The molecule has 0 aliphatic carbocycles. The minimum absolute atomic E-state index is 0. The second-order valence-electron chi connectivity index (χ2n) is 1.39. The maximum Gasteiger partial charge on any atom is 3.00 e. The summed E-state index contributed by atoms with van der Waals surface area (Å²) in [6.07, 6.45) is 0. The monoisotopic (exact) mass is 428 g/mol. The first kappa shape index (κ1) is 30.1. The van der Waals surface area contributed by atoms with Crippen LogP contribution in [0.15, 0.2) is 0 Å². The van der Waals surface area contributed by atoms with Crippen molar-refractivity contribution in [2.75, 3.05) is 20.3 Å². The van der Waals surface area contributed by atoms with E-state index in [2.05, 4.69) is 4.74 Å². The van der Waals surface area contributed by atoms with Gasteiger partial charge in [-0.15, -0.1) is 0 Å². The Morgan fingerprint density at radius 1 is 0.889 bits per heavy atom. The van der Waals surface area contributed by atoms with Crippen molar-refractivity contribution in [3.05, 3.63) is 46.0 Å². The van der Waals surface area contributed by atoms with E-state index in [4.69, 9.17) is 51.1 Å². The van der Waals surface area contributed by atoms with Gasteiger partial charge in [-0.2, -0.15) is 0 Å². The zero-order valence-electron chi connectivity index (χ0n) is 8.57. The first-order chi connectivity index (χ1) is 7.61. The predicted octanol–water partition coefficient (Wildman–Crippen LogP) is -1.09. The number of rotatable bonds is 2. The maximum atomic E-state index is 8.25. The molecule has 0 unspecified atom stereocenters. The average Bonchev–Trinajstić information content (AvgIpc) is 2.01. The summed E-state index contributed by atoms with van der Waals surface area (Å²) in [5.41, 5.74) is 0. The molecule has 0 aliphatic heterocycles. The summed E-state index contributed by atoms with van der Waals surface area (Å²) in [5, 5.41) is 52.2. The summed E-state index contributed by atoms with van der Waals surface area (Å²) >= 11 is 0. The third-order valence-electron chi connectivity index (χ3n) is 0.295. The molecule has 0 fully saturated rings. The standard InChI is InChI=1S/C3H8O2.Er.3NO3/c1-5-3-2-4;;3*2-1(3)4/h4H,2-3H2,1H3;;;;/q;+3;3*-1. The molecule has 18 heavy (non-hydrogen) atoms. The summed E-state index contributed by atoms with van der Waals surface area (Å²) in [5.74, 6) is 0. The molecule has 14 nitrogen and oxygen atoms in total. The average molecular weight is 429 g/mol. The van der Waals surface area contributed by atoms with Crippen LogP contribution < -0.4 is 0 Å². The molecule has 0 aliphatic rings. The van der Waals surface area contributed by atoms with Gasteiger partial charge in [0.1, 0.15) is 0 Å². The molecule has 1 N–H and O–H groups in total. The van der Waals surface area contributed by atoms with E-state index < -0.39 is 15.3 Å². The number of aliphatic hydroxyl groups excluding tert-OH is 1. The van der Waals surface area contributed by atoms with Crippen LogP contribution in [-0.2, 0) is 4.74 Å². The number of hydrogen-bond acceptors (Lipinski definition) is 11. The van der Waals surface area contributed by atoms with Crippen molar-refractivity contribution in [1.29, 1.82) is 0 Å². The number of nitrogens with zero attached hydrogens (tertiary/aromatic N) is 3. The Bertz CT molecular complexity index is 157. The van der Waals surface area contributed by atoms with Gasteiger partial charge in [-0.25, -0.2) is 0 Å². The molecule has 0 spiro atoms. The topological polar surface area (TPSA) is 228 Å². The third-order valence-corrected chi connectivity index (χ3v) is 0.295. The normalized spacial score (nSPS) is 6.33. The van der Waals surface area contributed by atoms with Crippen molar-refractivity contribution < 1.29 is 62.4 Å². The van der Waals surface area contributed by atoms with Crippen molar-refractivity contribution in [3.8, 4) is 0 Å². The SMILES string of the molecule is COCCO.O=[N+]([O-])[O-].O=[N+]([O-])[O-].O=[N+]([O-])[O-].[Er+3]. The van der Waals surface area contributed by atoms with Crippen LogP contribution in [0.25, 0.3) is 0 Å². The molecule has 0 rings (SSSR count). The predicted molar refractivity (Wildman–Crippen MR) is 50.0 cm³/mol. The Hall–Kier alpha value is -1.23. The molecule has 0 aromatic carbocycles. The molecule has 1 radical (unpaired) electrons. The van der Waals surface area contributed by atoms with Gasteiger partial charge in [0.05, 0.1) is 28.5 Å². The quantitative estimate of drug-likeness (QED) is 0.409. The zero-order chi connectivity index (χ0) is 14.9. The minimum Gasteiger partial charge on any atom is -0.394 e. The Morgan fingerprint density at radius 3 is 1.06 bits per heavy atom. The largest absolute Gasteiger partial charge is 3.00 e. The van der Waals surface area contributed by atoms with Gasteiger partial charge >= 0.3 is 37.3 Å². The molecule has 0 aromatic rings. The molecular weight excluding hydrogens is 421 g/mol. The van der Waals surface area contributed by atoms with Crippen LogP contribution in [0.5, 0.6) is 0 Å². The summed E-state index contributed by atoms with van der Waals surface area (Å²) in [6, 6.07) is 0. The van der Waals surface area contributed by atoms with E-state index in [-0.39, 0.29) is 43.9 Å².